The van der Waals surface area contributed by atoms with Crippen LogP contribution in [0.15, 0.2) is 30.3 Å². The van der Waals surface area contributed by atoms with E-state index in [0.717, 1.165) is 23.7 Å². The molecule has 100 valence electrons. The van der Waals surface area contributed by atoms with Gasteiger partial charge in [-0.05, 0) is 49.4 Å². The highest BCUT2D eigenvalue weighted by Crippen LogP contribution is 2.62. The Hall–Kier alpha value is -0.860. The van der Waals surface area contributed by atoms with Gasteiger partial charge in [-0.1, -0.05) is 30.3 Å². The summed E-state index contributed by atoms with van der Waals surface area (Å²) in [5, 5.41) is 0. The molecule has 1 aromatic carbocycles. The summed E-state index contributed by atoms with van der Waals surface area (Å²) in [5.74, 6) is 3.63. The predicted octanol–water partition coefficient (Wildman–Crippen LogP) is 3.54. The summed E-state index contributed by atoms with van der Waals surface area (Å²) < 4.78 is 12.5. The average Bonchev–Trinajstić information content (AvgIpc) is 3.16. The Kier molecular flexibility index (Phi) is 2.19. The Labute approximate surface area is 114 Å². The summed E-state index contributed by atoms with van der Waals surface area (Å²) in [6, 6.07) is 10.4. The Bertz CT molecular complexity index is 485. The molecule has 0 N–H and O–H groups in total. The molecule has 0 amide bonds. The minimum atomic E-state index is -0.115. The lowest BCUT2D eigenvalue weighted by Gasteiger charge is -2.28. The summed E-state index contributed by atoms with van der Waals surface area (Å²) >= 11 is 0. The maximum absolute atomic E-state index is 6.32. The molecule has 0 spiro atoms. The lowest BCUT2D eigenvalue weighted by molar-refractivity contribution is -0.0928. The molecule has 0 radical (unpaired) electrons. The first-order valence-corrected chi connectivity index (χ1v) is 7.76. The van der Waals surface area contributed by atoms with Crippen LogP contribution in [-0.4, -0.2) is 12.2 Å². The van der Waals surface area contributed by atoms with Gasteiger partial charge in [0.2, 0.25) is 0 Å². The molecule has 19 heavy (non-hydrogen) atoms. The van der Waals surface area contributed by atoms with E-state index >= 15 is 0 Å². The van der Waals surface area contributed by atoms with E-state index in [0.29, 0.717) is 12.2 Å². The highest BCUT2D eigenvalue weighted by molar-refractivity contribution is 5.18. The van der Waals surface area contributed by atoms with Crippen molar-refractivity contribution in [2.24, 2.45) is 23.7 Å². The molecule has 2 bridgehead atoms. The first kappa shape index (κ1) is 10.9. The molecule has 1 aromatic rings. The number of benzene rings is 1. The van der Waals surface area contributed by atoms with Gasteiger partial charge in [-0.2, -0.15) is 0 Å². The van der Waals surface area contributed by atoms with E-state index in [-0.39, 0.29) is 6.29 Å². The third kappa shape index (κ3) is 1.45. The van der Waals surface area contributed by atoms with Crippen molar-refractivity contribution in [3.63, 3.8) is 0 Å². The van der Waals surface area contributed by atoms with E-state index in [2.05, 4.69) is 24.3 Å². The zero-order chi connectivity index (χ0) is 12.4. The van der Waals surface area contributed by atoms with Crippen molar-refractivity contribution in [1.82, 2.24) is 0 Å². The van der Waals surface area contributed by atoms with Crippen LogP contribution >= 0.6 is 0 Å². The lowest BCUT2D eigenvalue weighted by atomic mass is 9.81. The van der Waals surface area contributed by atoms with Crippen LogP contribution in [0.5, 0.6) is 0 Å². The van der Waals surface area contributed by atoms with Crippen molar-refractivity contribution in [3.05, 3.63) is 35.9 Å². The van der Waals surface area contributed by atoms with E-state index in [1.165, 1.54) is 31.2 Å². The van der Waals surface area contributed by atoms with Gasteiger partial charge < -0.3 is 9.47 Å². The summed E-state index contributed by atoms with van der Waals surface area (Å²) in [7, 11) is 0. The van der Waals surface area contributed by atoms with Crippen molar-refractivity contribution in [3.8, 4) is 0 Å². The molecule has 4 fully saturated rings. The maximum atomic E-state index is 6.32. The number of fused-ring (bicyclic) bond motifs is 7. The van der Waals surface area contributed by atoms with Crippen LogP contribution in [0.2, 0.25) is 0 Å². The van der Waals surface area contributed by atoms with Gasteiger partial charge in [-0.3, -0.25) is 0 Å². The second-order valence-corrected chi connectivity index (χ2v) is 6.83. The van der Waals surface area contributed by atoms with Crippen LogP contribution in [0.1, 0.15) is 37.5 Å². The smallest absolute Gasteiger partial charge is 0.184 e. The first-order valence-electron chi connectivity index (χ1n) is 7.76. The van der Waals surface area contributed by atoms with Gasteiger partial charge in [0.05, 0.1) is 12.2 Å². The van der Waals surface area contributed by atoms with E-state index in [1.54, 1.807) is 0 Å². The maximum Gasteiger partial charge on any atom is 0.184 e. The summed E-state index contributed by atoms with van der Waals surface area (Å²) in [5.41, 5.74) is 1.18. The van der Waals surface area contributed by atoms with Crippen molar-refractivity contribution in [2.45, 2.75) is 44.2 Å². The SMILES string of the molecule is c1ccc(C2OC3CC4C5CCC(C5)C4C3O2)cc1. The van der Waals surface area contributed by atoms with Gasteiger partial charge >= 0.3 is 0 Å². The van der Waals surface area contributed by atoms with Crippen molar-refractivity contribution >= 4 is 0 Å². The Balaban J connectivity index is 1.40. The monoisotopic (exact) mass is 256 g/mol. The molecule has 0 aromatic heterocycles. The Morgan fingerprint density at radius 2 is 1.74 bits per heavy atom. The Morgan fingerprint density at radius 1 is 0.895 bits per heavy atom. The molecular formula is C17H20O2. The molecule has 2 heteroatoms. The number of hydrogen-bond donors (Lipinski definition) is 0. The second kappa shape index (κ2) is 3.83. The first-order chi connectivity index (χ1) is 9.40. The lowest BCUT2D eigenvalue weighted by Crippen LogP contribution is -2.28. The van der Waals surface area contributed by atoms with E-state index in [9.17, 15) is 0 Å². The zero-order valence-electron chi connectivity index (χ0n) is 11.1. The fourth-order valence-corrected chi connectivity index (χ4v) is 5.38. The molecule has 2 nitrogen and oxygen atoms in total. The molecular weight excluding hydrogens is 236 g/mol. The van der Waals surface area contributed by atoms with Gasteiger partial charge in [0, 0.05) is 5.56 Å². The Morgan fingerprint density at radius 3 is 2.63 bits per heavy atom. The molecule has 7 atom stereocenters. The number of hydrogen-bond acceptors (Lipinski definition) is 2. The fraction of sp³-hybridized carbons (Fsp3) is 0.647. The van der Waals surface area contributed by atoms with E-state index in [4.69, 9.17) is 9.47 Å². The van der Waals surface area contributed by atoms with Gasteiger partial charge in [0.1, 0.15) is 0 Å². The van der Waals surface area contributed by atoms with Crippen LogP contribution in [0, 0.1) is 23.7 Å². The van der Waals surface area contributed by atoms with Gasteiger partial charge in [0.25, 0.3) is 0 Å². The normalized spacial score (nSPS) is 50.4. The molecule has 7 unspecified atom stereocenters. The quantitative estimate of drug-likeness (QED) is 0.765. The molecule has 1 saturated heterocycles. The number of rotatable bonds is 1. The fourth-order valence-electron chi connectivity index (χ4n) is 5.38. The minimum Gasteiger partial charge on any atom is -0.342 e. The highest BCUT2D eigenvalue weighted by Gasteiger charge is 2.60. The van der Waals surface area contributed by atoms with Crippen molar-refractivity contribution in [2.75, 3.05) is 0 Å². The third-order valence-corrected chi connectivity index (χ3v) is 6.06. The third-order valence-electron chi connectivity index (χ3n) is 6.06. The van der Waals surface area contributed by atoms with Crippen LogP contribution in [0.25, 0.3) is 0 Å². The average molecular weight is 256 g/mol. The zero-order valence-corrected chi connectivity index (χ0v) is 11.1. The van der Waals surface area contributed by atoms with Crippen molar-refractivity contribution < 1.29 is 9.47 Å². The van der Waals surface area contributed by atoms with E-state index in [1.807, 2.05) is 6.07 Å². The molecule has 3 saturated carbocycles. The van der Waals surface area contributed by atoms with Crippen molar-refractivity contribution in [1.29, 1.82) is 0 Å². The largest absolute Gasteiger partial charge is 0.342 e. The van der Waals surface area contributed by atoms with Gasteiger partial charge in [0.15, 0.2) is 6.29 Å². The highest BCUT2D eigenvalue weighted by atomic mass is 16.7. The van der Waals surface area contributed by atoms with Crippen LogP contribution in [-0.2, 0) is 9.47 Å². The van der Waals surface area contributed by atoms with E-state index < -0.39 is 0 Å². The molecule has 4 aliphatic rings. The van der Waals surface area contributed by atoms with Gasteiger partial charge in [-0.25, -0.2) is 0 Å². The van der Waals surface area contributed by atoms with Crippen LogP contribution in [0.3, 0.4) is 0 Å². The van der Waals surface area contributed by atoms with Crippen LogP contribution < -0.4 is 0 Å². The summed E-state index contributed by atoms with van der Waals surface area (Å²) in [4.78, 5) is 0. The topological polar surface area (TPSA) is 18.5 Å². The standard InChI is InChI=1S/C17H20O2/c1-2-4-10(5-3-1)17-18-14-9-13-11-6-7-12(8-11)15(13)16(14)19-17/h1-5,11-17H,6-9H2. The van der Waals surface area contributed by atoms with Crippen LogP contribution in [0.4, 0.5) is 0 Å². The molecule has 1 heterocycles. The van der Waals surface area contributed by atoms with Gasteiger partial charge in [-0.15, -0.1) is 0 Å². The summed E-state index contributed by atoms with van der Waals surface area (Å²) in [6.07, 6.45) is 6.25. The molecule has 1 aliphatic heterocycles. The molecule has 5 rings (SSSR count). The minimum absolute atomic E-state index is 0.115. The second-order valence-electron chi connectivity index (χ2n) is 6.83. The predicted molar refractivity (Wildman–Crippen MR) is 71.4 cm³/mol. The number of ether oxygens (including phenoxy) is 2. The molecule has 3 aliphatic carbocycles. The summed E-state index contributed by atoms with van der Waals surface area (Å²) in [6.45, 7) is 0.